The Morgan fingerprint density at radius 1 is 0.685 bits per heavy atom. The van der Waals surface area contributed by atoms with Gasteiger partial charge in [-0.25, -0.2) is 0 Å². The van der Waals surface area contributed by atoms with Gasteiger partial charge in [-0.2, -0.15) is 0 Å². The second-order valence-corrected chi connectivity index (χ2v) is 18.3. The molecule has 6 amide bonds. The van der Waals surface area contributed by atoms with Crippen molar-refractivity contribution in [1.82, 2.24) is 20.5 Å². The summed E-state index contributed by atoms with van der Waals surface area (Å²) in [5.41, 5.74) is 4.77. The van der Waals surface area contributed by atoms with Gasteiger partial charge < -0.3 is 49.7 Å². The van der Waals surface area contributed by atoms with Gasteiger partial charge in [0, 0.05) is 48.2 Å². The number of pyridine rings is 1. The molecule has 5 atom stereocenters. The summed E-state index contributed by atoms with van der Waals surface area (Å²) in [6.45, 7) is 10.4. The number of benzene rings is 3. The lowest BCUT2D eigenvalue weighted by Crippen LogP contribution is -2.51. The number of carbonyl (C=O) groups excluding carboxylic acids is 6. The zero-order chi connectivity index (χ0) is 50.7. The fourth-order valence-corrected chi connectivity index (χ4v) is 10.2. The monoisotopic (exact) mass is 999 g/mol. The van der Waals surface area contributed by atoms with Crippen molar-refractivity contribution < 1.29 is 57.2 Å². The summed E-state index contributed by atoms with van der Waals surface area (Å²) in [6.07, 6.45) is 7.58. The average Bonchev–Trinajstić information content (AvgIpc) is 4.15. The minimum atomic E-state index is -0.863. The average molecular weight is 1000 g/mol. The molecule has 2 bridgehead atoms. The molecule has 0 radical (unpaired) electrons. The lowest BCUT2D eigenvalue weighted by Gasteiger charge is -2.29. The molecule has 19 nitrogen and oxygen atoms in total. The third-order valence-electron chi connectivity index (χ3n) is 13.7. The molecule has 2 unspecified atom stereocenters. The van der Waals surface area contributed by atoms with Crippen LogP contribution in [0.25, 0.3) is 10.9 Å². The minimum Gasteiger partial charge on any atom is -0.382 e. The summed E-state index contributed by atoms with van der Waals surface area (Å²) in [4.78, 5) is 85.6. The van der Waals surface area contributed by atoms with Crippen molar-refractivity contribution >= 4 is 63.4 Å². The Kier molecular flexibility index (Phi) is 17.1. The van der Waals surface area contributed by atoms with Crippen LogP contribution in [0.1, 0.15) is 55.9 Å². The normalized spacial score (nSPS) is 20.9. The number of fused-ring (bicyclic) bond motifs is 7. The molecular weight excluding hydrogens is 939 g/mol. The van der Waals surface area contributed by atoms with Gasteiger partial charge in [0.15, 0.2) is 0 Å². The van der Waals surface area contributed by atoms with E-state index in [1.807, 2.05) is 24.3 Å². The summed E-state index contributed by atoms with van der Waals surface area (Å²) < 4.78 is 33.7. The molecular formula is C54H61N7O12. The van der Waals surface area contributed by atoms with E-state index in [2.05, 4.69) is 45.0 Å². The van der Waals surface area contributed by atoms with Crippen LogP contribution in [-0.4, -0.2) is 144 Å². The van der Waals surface area contributed by atoms with E-state index in [0.29, 0.717) is 146 Å². The van der Waals surface area contributed by atoms with Crippen LogP contribution in [-0.2, 0) is 49.3 Å². The Bertz CT molecular complexity index is 2700. The molecule has 2 aliphatic carbocycles. The fourth-order valence-electron chi connectivity index (χ4n) is 10.2. The zero-order valence-electron chi connectivity index (χ0n) is 40.6. The van der Waals surface area contributed by atoms with Crippen molar-refractivity contribution in [2.24, 2.45) is 23.7 Å². The third-order valence-corrected chi connectivity index (χ3v) is 13.7. The number of hydrogen-bond donors (Lipinski definition) is 4. The molecule has 0 spiro atoms. The molecule has 4 heterocycles. The molecule has 1 aromatic heterocycles. The van der Waals surface area contributed by atoms with E-state index in [0.717, 1.165) is 22.3 Å². The van der Waals surface area contributed by atoms with Crippen molar-refractivity contribution in [3.63, 3.8) is 0 Å². The quantitative estimate of drug-likeness (QED) is 0.0350. The summed E-state index contributed by atoms with van der Waals surface area (Å²) in [5, 5.41) is 13.1. The van der Waals surface area contributed by atoms with E-state index in [9.17, 15) is 28.8 Å². The molecule has 3 fully saturated rings. The van der Waals surface area contributed by atoms with Crippen LogP contribution >= 0.6 is 0 Å². The minimum absolute atomic E-state index is 0.133. The van der Waals surface area contributed by atoms with Gasteiger partial charge in [0.05, 0.1) is 119 Å². The summed E-state index contributed by atoms with van der Waals surface area (Å²) in [6, 6.07) is 18.4. The van der Waals surface area contributed by atoms with Gasteiger partial charge in [-0.1, -0.05) is 36.9 Å². The highest BCUT2D eigenvalue weighted by Gasteiger charge is 2.59. The maximum Gasteiger partial charge on any atom is 0.264 e. The van der Waals surface area contributed by atoms with E-state index < -0.39 is 23.8 Å². The van der Waals surface area contributed by atoms with Crippen LogP contribution in [0, 0.1) is 23.7 Å². The van der Waals surface area contributed by atoms with Gasteiger partial charge >= 0.3 is 0 Å². The number of nitrogens with zero attached hydrogens (tertiary/aromatic N) is 3. The highest BCUT2D eigenvalue weighted by molar-refractivity contribution is 6.25. The Morgan fingerprint density at radius 2 is 1.27 bits per heavy atom. The molecule has 4 aromatic rings. The van der Waals surface area contributed by atoms with E-state index in [4.69, 9.17) is 28.4 Å². The fraction of sp³-hybridized carbons (Fsp3) is 0.426. The smallest absolute Gasteiger partial charge is 0.264 e. The molecule has 3 aromatic carbocycles. The third kappa shape index (κ3) is 11.7. The highest BCUT2D eigenvalue weighted by atomic mass is 16.6. The highest BCUT2D eigenvalue weighted by Crippen LogP contribution is 2.53. The van der Waals surface area contributed by atoms with Crippen LogP contribution in [0.2, 0.25) is 0 Å². The Hall–Kier alpha value is -6.71. The van der Waals surface area contributed by atoms with Gasteiger partial charge in [0.1, 0.15) is 6.04 Å². The van der Waals surface area contributed by atoms with E-state index in [-0.39, 0.29) is 52.5 Å². The maximum absolute atomic E-state index is 13.4. The molecule has 5 aliphatic rings. The second kappa shape index (κ2) is 24.3. The number of hydrogen-bond acceptors (Lipinski definition) is 15. The second-order valence-electron chi connectivity index (χ2n) is 18.3. The molecule has 4 N–H and O–H groups in total. The number of anilines is 3. The van der Waals surface area contributed by atoms with Gasteiger partial charge in [-0.15, -0.1) is 0 Å². The lowest BCUT2D eigenvalue weighted by atomic mass is 9.85. The standard InChI is InChI=1S/C54H61N7O12/c1-34-8-15-44(50(63)58-34)61-51(64)41-5-3-6-42(47(41)54(61)67)56-19-21-69-23-25-71-27-29-73-31-30-72-28-26-70-24-22-68-20-18-55-33-38-16-17-57-48-40(38)4-2-7-43(48)59-49(62)35-11-13-39(14-12-35)60-52(65)45-36-9-10-37(32-36)46(45)53(60)66/h2-7,9-14,16-17,36-37,44-46,55-56H,1,8,15,18-33H2,(H,58,63)(H,59,62)/t36-,37?,44?,45-,46+/m0/s1. The molecule has 3 aliphatic heterocycles. The van der Waals surface area contributed by atoms with E-state index in [1.54, 1.807) is 48.7 Å². The number of nitrogens with one attached hydrogen (secondary N) is 4. The van der Waals surface area contributed by atoms with E-state index >= 15 is 0 Å². The van der Waals surface area contributed by atoms with Crippen LogP contribution < -0.4 is 26.2 Å². The molecule has 384 valence electrons. The number of imide groups is 2. The summed E-state index contributed by atoms with van der Waals surface area (Å²) >= 11 is 0. The van der Waals surface area contributed by atoms with Crippen molar-refractivity contribution in [2.45, 2.75) is 31.8 Å². The lowest BCUT2D eigenvalue weighted by molar-refractivity contribution is -0.125. The SMILES string of the molecule is C=C1CCC(N2C(=O)c3cccc(NCCOCCOCCOCCOCCOCCOCCNCc4ccnc5c(NC(=O)c6ccc(N7C(=O)[C@@H]8[C@H](C7=O)C7C=C[C@H]8C7)cc6)cccc45)c3C2=O)C(=O)N1. The van der Waals surface area contributed by atoms with Crippen molar-refractivity contribution in [3.05, 3.63) is 120 Å². The van der Waals surface area contributed by atoms with Gasteiger partial charge in [0.2, 0.25) is 17.7 Å². The number of piperidine rings is 1. The van der Waals surface area contributed by atoms with Crippen LogP contribution in [0.3, 0.4) is 0 Å². The van der Waals surface area contributed by atoms with Crippen molar-refractivity contribution in [2.75, 3.05) is 108 Å². The molecule has 19 heteroatoms. The van der Waals surface area contributed by atoms with Crippen LogP contribution in [0.15, 0.2) is 97.4 Å². The maximum atomic E-state index is 13.4. The Morgan fingerprint density at radius 3 is 1.90 bits per heavy atom. The van der Waals surface area contributed by atoms with Gasteiger partial charge in [-0.3, -0.25) is 43.6 Å². The van der Waals surface area contributed by atoms with Gasteiger partial charge in [0.25, 0.3) is 17.7 Å². The summed E-state index contributed by atoms with van der Waals surface area (Å²) in [7, 11) is 0. The topological polar surface area (TPSA) is 225 Å². The van der Waals surface area contributed by atoms with Gasteiger partial charge in [-0.05, 0) is 85.2 Å². The first-order chi connectivity index (χ1) is 35.7. The van der Waals surface area contributed by atoms with Crippen LogP contribution in [0.4, 0.5) is 17.1 Å². The predicted octanol–water partition coefficient (Wildman–Crippen LogP) is 4.49. The number of rotatable bonds is 28. The van der Waals surface area contributed by atoms with Crippen LogP contribution in [0.5, 0.6) is 0 Å². The number of amides is 6. The zero-order valence-corrected chi connectivity index (χ0v) is 40.6. The Balaban J connectivity index is 0.558. The number of carbonyl (C=O) groups is 6. The predicted molar refractivity (Wildman–Crippen MR) is 269 cm³/mol. The van der Waals surface area contributed by atoms with Crippen molar-refractivity contribution in [3.8, 4) is 0 Å². The largest absolute Gasteiger partial charge is 0.382 e. The number of ether oxygens (including phenoxy) is 6. The molecule has 73 heavy (non-hydrogen) atoms. The first kappa shape index (κ1) is 51.2. The number of para-hydroxylation sites is 1. The van der Waals surface area contributed by atoms with Crippen molar-refractivity contribution in [1.29, 1.82) is 0 Å². The number of allylic oxidation sites excluding steroid dienone is 3. The molecule has 9 rings (SSSR count). The number of aromatic nitrogens is 1. The summed E-state index contributed by atoms with van der Waals surface area (Å²) in [5.74, 6) is -2.28. The van der Waals surface area contributed by atoms with E-state index in [1.165, 1.54) is 4.90 Å². The molecule has 2 saturated heterocycles. The first-order valence-corrected chi connectivity index (χ1v) is 24.9. The molecule has 1 saturated carbocycles. The Labute approximate surface area is 422 Å². The first-order valence-electron chi connectivity index (χ1n) is 24.9.